The lowest BCUT2D eigenvalue weighted by Crippen LogP contribution is -1.89. The van der Waals surface area contributed by atoms with Crippen LogP contribution in [-0.4, -0.2) is 0 Å². The van der Waals surface area contributed by atoms with Crippen LogP contribution in [0.15, 0.2) is 42.5 Å². The maximum atomic E-state index is 14.0. The molecule has 0 amide bonds. The second-order valence-electron chi connectivity index (χ2n) is 4.20. The number of nitrogens with zero attached hydrogens (tertiary/aromatic N) is 1. The third kappa shape index (κ3) is 2.57. The number of rotatable bonds is 3. The summed E-state index contributed by atoms with van der Waals surface area (Å²) in [6.07, 6.45) is 1.17. The molecule has 0 N–H and O–H groups in total. The molecule has 0 heterocycles. The Morgan fingerprint density at radius 2 is 1.94 bits per heavy atom. The van der Waals surface area contributed by atoms with E-state index in [9.17, 15) is 4.39 Å². The summed E-state index contributed by atoms with van der Waals surface area (Å²) in [7, 11) is 0. The van der Waals surface area contributed by atoms with Gasteiger partial charge in [0, 0.05) is 5.56 Å². The quantitative estimate of drug-likeness (QED) is 0.790. The third-order valence-corrected chi connectivity index (χ3v) is 2.96. The highest BCUT2D eigenvalue weighted by Gasteiger charge is 2.06. The molecule has 2 rings (SSSR count). The molecule has 0 aliphatic heterocycles. The molecule has 18 heavy (non-hydrogen) atoms. The summed E-state index contributed by atoms with van der Waals surface area (Å²) in [5, 5.41) is 8.59. The Kier molecular flexibility index (Phi) is 3.74. The Labute approximate surface area is 107 Å². The Morgan fingerprint density at radius 3 is 2.61 bits per heavy atom. The third-order valence-electron chi connectivity index (χ3n) is 2.96. The Balaban J connectivity index is 2.41. The molecule has 0 saturated carbocycles. The minimum Gasteiger partial charge on any atom is -0.206 e. The molecule has 1 nitrogen and oxygen atoms in total. The van der Waals surface area contributed by atoms with Crippen molar-refractivity contribution < 1.29 is 4.39 Å². The predicted octanol–water partition coefficient (Wildman–Crippen LogP) is 4.12. The number of hydrogen-bond acceptors (Lipinski definition) is 1. The zero-order chi connectivity index (χ0) is 13.0. The van der Waals surface area contributed by atoms with Gasteiger partial charge < -0.3 is 0 Å². The monoisotopic (exact) mass is 239 g/mol. The molecule has 0 aromatic heterocycles. The van der Waals surface area contributed by atoms with Gasteiger partial charge >= 0.3 is 0 Å². The van der Waals surface area contributed by atoms with E-state index < -0.39 is 0 Å². The van der Waals surface area contributed by atoms with Gasteiger partial charge in [-0.3, -0.25) is 0 Å². The molecule has 2 aromatic rings. The molecular formula is C16H14FN. The molecule has 0 atom stereocenters. The van der Waals surface area contributed by atoms with Crippen molar-refractivity contribution in [1.82, 2.24) is 0 Å². The minimum absolute atomic E-state index is 0.242. The molecule has 90 valence electrons. The molecule has 2 heteroatoms. The smallest absolute Gasteiger partial charge is 0.131 e. The lowest BCUT2D eigenvalue weighted by atomic mass is 10.00. The molecule has 0 fully saturated rings. The average Bonchev–Trinajstić information content (AvgIpc) is 2.39. The van der Waals surface area contributed by atoms with Gasteiger partial charge in [-0.25, -0.2) is 4.39 Å². The van der Waals surface area contributed by atoms with E-state index in [0.29, 0.717) is 11.1 Å². The van der Waals surface area contributed by atoms with E-state index in [0.717, 1.165) is 12.0 Å². The molecule has 0 unspecified atom stereocenters. The maximum absolute atomic E-state index is 14.0. The summed E-state index contributed by atoms with van der Waals surface area (Å²) in [4.78, 5) is 0. The van der Waals surface area contributed by atoms with E-state index in [2.05, 4.69) is 6.92 Å². The van der Waals surface area contributed by atoms with E-state index in [-0.39, 0.29) is 12.2 Å². The van der Waals surface area contributed by atoms with Crippen LogP contribution >= 0.6 is 0 Å². The molecule has 0 aliphatic rings. The molecule has 2 aromatic carbocycles. The lowest BCUT2D eigenvalue weighted by molar-refractivity contribution is 0.629. The van der Waals surface area contributed by atoms with Crippen molar-refractivity contribution in [2.45, 2.75) is 19.8 Å². The van der Waals surface area contributed by atoms with Crippen LogP contribution in [0.1, 0.15) is 18.1 Å². The summed E-state index contributed by atoms with van der Waals surface area (Å²) < 4.78 is 14.0. The Hall–Kier alpha value is -2.14. The average molecular weight is 239 g/mol. The number of hydrogen-bond donors (Lipinski definition) is 0. The van der Waals surface area contributed by atoms with Crippen molar-refractivity contribution in [2.24, 2.45) is 0 Å². The zero-order valence-electron chi connectivity index (χ0n) is 10.3. The number of nitriles is 1. The summed E-state index contributed by atoms with van der Waals surface area (Å²) in [6, 6.07) is 14.9. The molecule has 0 aliphatic carbocycles. The summed E-state index contributed by atoms with van der Waals surface area (Å²) in [6.45, 7) is 2.07. The van der Waals surface area contributed by atoms with E-state index in [1.165, 1.54) is 11.6 Å². The second kappa shape index (κ2) is 5.46. The largest absolute Gasteiger partial charge is 0.206 e. The second-order valence-corrected chi connectivity index (χ2v) is 4.20. The van der Waals surface area contributed by atoms with Gasteiger partial charge in [-0.15, -0.1) is 0 Å². The van der Waals surface area contributed by atoms with E-state index in [4.69, 9.17) is 5.26 Å². The van der Waals surface area contributed by atoms with Gasteiger partial charge in [-0.05, 0) is 29.2 Å². The van der Waals surface area contributed by atoms with Crippen LogP contribution in [0.25, 0.3) is 11.1 Å². The van der Waals surface area contributed by atoms with Crippen molar-refractivity contribution in [2.75, 3.05) is 0 Å². The van der Waals surface area contributed by atoms with Crippen molar-refractivity contribution in [3.63, 3.8) is 0 Å². The SMILES string of the molecule is CCc1cccc(-c2ccc(CC#N)cc2F)c1. The Bertz CT molecular complexity index is 596. The maximum Gasteiger partial charge on any atom is 0.131 e. The molecule has 0 radical (unpaired) electrons. The fourth-order valence-corrected chi connectivity index (χ4v) is 1.95. The molecule has 0 spiro atoms. The lowest BCUT2D eigenvalue weighted by Gasteiger charge is -2.06. The summed E-state index contributed by atoms with van der Waals surface area (Å²) in [5.74, 6) is -0.268. The molecule has 0 saturated heterocycles. The van der Waals surface area contributed by atoms with Gasteiger partial charge in [0.25, 0.3) is 0 Å². The van der Waals surface area contributed by atoms with Crippen LogP contribution in [0.2, 0.25) is 0 Å². The molecule has 0 bridgehead atoms. The van der Waals surface area contributed by atoms with Gasteiger partial charge in [-0.2, -0.15) is 5.26 Å². The first kappa shape index (κ1) is 12.3. The normalized spacial score (nSPS) is 10.1. The summed E-state index contributed by atoms with van der Waals surface area (Å²) in [5.41, 5.74) is 3.38. The minimum atomic E-state index is -0.268. The highest BCUT2D eigenvalue weighted by Crippen LogP contribution is 2.24. The highest BCUT2D eigenvalue weighted by atomic mass is 19.1. The van der Waals surface area contributed by atoms with Crippen LogP contribution in [0.4, 0.5) is 4.39 Å². The Morgan fingerprint density at radius 1 is 1.11 bits per heavy atom. The van der Waals surface area contributed by atoms with Crippen LogP contribution in [0.5, 0.6) is 0 Å². The first-order valence-electron chi connectivity index (χ1n) is 5.99. The van der Waals surface area contributed by atoms with Gasteiger partial charge in [0.05, 0.1) is 12.5 Å². The fraction of sp³-hybridized carbons (Fsp3) is 0.188. The zero-order valence-corrected chi connectivity index (χ0v) is 10.3. The fourth-order valence-electron chi connectivity index (χ4n) is 1.95. The van der Waals surface area contributed by atoms with Gasteiger partial charge in [0.15, 0.2) is 0 Å². The van der Waals surface area contributed by atoms with Crippen molar-refractivity contribution in [3.8, 4) is 17.2 Å². The summed E-state index contributed by atoms with van der Waals surface area (Å²) >= 11 is 0. The van der Waals surface area contributed by atoms with E-state index in [1.54, 1.807) is 12.1 Å². The standard InChI is InChI=1S/C16H14FN/c1-2-12-4-3-5-14(10-12)15-7-6-13(8-9-18)11-16(15)17/h3-7,10-11H,2,8H2,1H3. The van der Waals surface area contributed by atoms with Gasteiger partial charge in [0.1, 0.15) is 5.82 Å². The van der Waals surface area contributed by atoms with E-state index in [1.807, 2.05) is 30.3 Å². The van der Waals surface area contributed by atoms with Crippen LogP contribution in [-0.2, 0) is 12.8 Å². The molecular weight excluding hydrogens is 225 g/mol. The van der Waals surface area contributed by atoms with Crippen molar-refractivity contribution in [3.05, 3.63) is 59.4 Å². The highest BCUT2D eigenvalue weighted by molar-refractivity contribution is 5.65. The number of aryl methyl sites for hydroxylation is 1. The number of benzene rings is 2. The van der Waals surface area contributed by atoms with Crippen molar-refractivity contribution >= 4 is 0 Å². The van der Waals surface area contributed by atoms with Crippen molar-refractivity contribution in [1.29, 1.82) is 5.26 Å². The first-order chi connectivity index (χ1) is 8.74. The predicted molar refractivity (Wildman–Crippen MR) is 70.5 cm³/mol. The first-order valence-corrected chi connectivity index (χ1v) is 5.99. The topological polar surface area (TPSA) is 23.8 Å². The van der Waals surface area contributed by atoms with Gasteiger partial charge in [-0.1, -0.05) is 43.3 Å². The van der Waals surface area contributed by atoms with Crippen LogP contribution in [0.3, 0.4) is 0 Å². The van der Waals surface area contributed by atoms with Gasteiger partial charge in [0.2, 0.25) is 0 Å². The van der Waals surface area contributed by atoms with Crippen LogP contribution < -0.4 is 0 Å². The van der Waals surface area contributed by atoms with E-state index >= 15 is 0 Å². The van der Waals surface area contributed by atoms with Crippen LogP contribution in [0, 0.1) is 17.1 Å². The number of halogens is 1.